The number of anilines is 5. The molecule has 0 radical (unpaired) electrons. The summed E-state index contributed by atoms with van der Waals surface area (Å²) in [6, 6.07) is 32.9. The maximum absolute atomic E-state index is 5.90. The van der Waals surface area contributed by atoms with Crippen molar-refractivity contribution in [2.75, 3.05) is 16.4 Å². The first kappa shape index (κ1) is 17.7. The number of nitrogens with zero attached hydrogens (tertiary/aromatic N) is 1. The Bertz CT molecular complexity index is 1070. The fourth-order valence-corrected chi connectivity index (χ4v) is 3.34. The Morgan fingerprint density at radius 1 is 0.536 bits per heavy atom. The quantitative estimate of drug-likeness (QED) is 0.417. The Morgan fingerprint density at radius 3 is 1.50 bits per heavy atom. The predicted molar refractivity (Wildman–Crippen MR) is 120 cm³/mol. The summed E-state index contributed by atoms with van der Waals surface area (Å²) in [6.07, 6.45) is 0. The Balaban J connectivity index is 1.77. The monoisotopic (exact) mass is 365 g/mol. The van der Waals surface area contributed by atoms with Crippen molar-refractivity contribution in [1.29, 1.82) is 0 Å². The molecule has 0 aliphatic heterocycles. The molecule has 0 saturated carbocycles. The zero-order valence-electron chi connectivity index (χ0n) is 15.8. The van der Waals surface area contributed by atoms with E-state index in [4.69, 9.17) is 11.5 Å². The molecule has 0 aliphatic rings. The van der Waals surface area contributed by atoms with E-state index in [0.29, 0.717) is 0 Å². The van der Waals surface area contributed by atoms with E-state index in [2.05, 4.69) is 72.5 Å². The summed E-state index contributed by atoms with van der Waals surface area (Å²) in [5.41, 5.74) is 20.1. The Labute approximate surface area is 165 Å². The summed E-state index contributed by atoms with van der Waals surface area (Å²) in [7, 11) is 0. The molecule has 0 aromatic heterocycles. The third kappa shape index (κ3) is 3.55. The standard InChI is InChI=1S/C25H23N3/c1-18-4-2-3-5-25(18)28(24-16-12-22(27)13-17-24)23-14-8-20(9-15-23)19-6-10-21(26)11-7-19/h2-17H,26-27H2,1H3. The summed E-state index contributed by atoms with van der Waals surface area (Å²) < 4.78 is 0. The van der Waals surface area contributed by atoms with Gasteiger partial charge in [0.1, 0.15) is 0 Å². The summed E-state index contributed by atoms with van der Waals surface area (Å²) in [5.74, 6) is 0. The van der Waals surface area contributed by atoms with Gasteiger partial charge in [-0.3, -0.25) is 0 Å². The fraction of sp³-hybridized carbons (Fsp3) is 0.0400. The first-order chi connectivity index (χ1) is 13.6. The van der Waals surface area contributed by atoms with E-state index in [9.17, 15) is 0 Å². The van der Waals surface area contributed by atoms with Gasteiger partial charge in [0.25, 0.3) is 0 Å². The molecular formula is C25H23N3. The molecule has 4 aromatic carbocycles. The Morgan fingerprint density at radius 2 is 0.964 bits per heavy atom. The highest BCUT2D eigenvalue weighted by Crippen LogP contribution is 2.37. The highest BCUT2D eigenvalue weighted by atomic mass is 15.1. The van der Waals surface area contributed by atoms with Gasteiger partial charge in [0.2, 0.25) is 0 Å². The van der Waals surface area contributed by atoms with Gasteiger partial charge >= 0.3 is 0 Å². The average Bonchev–Trinajstić information content (AvgIpc) is 2.72. The molecule has 0 saturated heterocycles. The molecule has 4 N–H and O–H groups in total. The summed E-state index contributed by atoms with van der Waals surface area (Å²) >= 11 is 0. The highest BCUT2D eigenvalue weighted by molar-refractivity contribution is 5.80. The van der Waals surface area contributed by atoms with E-state index < -0.39 is 0 Å². The first-order valence-corrected chi connectivity index (χ1v) is 9.29. The van der Waals surface area contributed by atoms with Crippen molar-refractivity contribution >= 4 is 28.4 Å². The molecule has 4 rings (SSSR count). The zero-order chi connectivity index (χ0) is 19.5. The molecule has 3 nitrogen and oxygen atoms in total. The Kier molecular flexibility index (Phi) is 4.73. The minimum Gasteiger partial charge on any atom is -0.399 e. The summed E-state index contributed by atoms with van der Waals surface area (Å²) in [5, 5.41) is 0. The molecule has 0 bridgehead atoms. The van der Waals surface area contributed by atoms with E-state index in [1.54, 1.807) is 0 Å². The van der Waals surface area contributed by atoms with Crippen LogP contribution in [0.2, 0.25) is 0 Å². The van der Waals surface area contributed by atoms with E-state index >= 15 is 0 Å². The number of benzene rings is 4. The number of hydrogen-bond donors (Lipinski definition) is 2. The molecule has 0 unspecified atom stereocenters. The van der Waals surface area contributed by atoms with Gasteiger partial charge in [-0.2, -0.15) is 0 Å². The van der Waals surface area contributed by atoms with Gasteiger partial charge in [-0.25, -0.2) is 0 Å². The van der Waals surface area contributed by atoms with Gasteiger partial charge in [0.15, 0.2) is 0 Å². The van der Waals surface area contributed by atoms with Gasteiger partial charge in [0.05, 0.1) is 0 Å². The topological polar surface area (TPSA) is 55.3 Å². The lowest BCUT2D eigenvalue weighted by molar-refractivity contribution is 1.25. The van der Waals surface area contributed by atoms with Crippen LogP contribution in [-0.2, 0) is 0 Å². The molecule has 0 heterocycles. The van der Waals surface area contributed by atoms with Gasteiger partial charge in [-0.15, -0.1) is 0 Å². The van der Waals surface area contributed by atoms with Gasteiger partial charge in [0, 0.05) is 28.4 Å². The molecular weight excluding hydrogens is 342 g/mol. The smallest absolute Gasteiger partial charge is 0.0490 e. The lowest BCUT2D eigenvalue weighted by Crippen LogP contribution is -2.11. The minimum absolute atomic E-state index is 0.757. The second-order valence-electron chi connectivity index (χ2n) is 6.88. The Hall–Kier alpha value is -3.72. The molecule has 0 atom stereocenters. The van der Waals surface area contributed by atoms with Crippen molar-refractivity contribution in [3.63, 3.8) is 0 Å². The second-order valence-corrected chi connectivity index (χ2v) is 6.88. The van der Waals surface area contributed by atoms with Gasteiger partial charge < -0.3 is 16.4 Å². The normalized spacial score (nSPS) is 10.6. The van der Waals surface area contributed by atoms with E-state index in [1.165, 1.54) is 5.56 Å². The largest absolute Gasteiger partial charge is 0.399 e. The predicted octanol–water partition coefficient (Wildman–Crippen LogP) is 6.30. The van der Waals surface area contributed by atoms with Crippen molar-refractivity contribution in [3.05, 3.63) is 103 Å². The first-order valence-electron chi connectivity index (χ1n) is 9.29. The molecule has 0 spiro atoms. The van der Waals surface area contributed by atoms with Crippen LogP contribution in [-0.4, -0.2) is 0 Å². The van der Waals surface area contributed by atoms with Crippen molar-refractivity contribution in [2.24, 2.45) is 0 Å². The van der Waals surface area contributed by atoms with Crippen LogP contribution < -0.4 is 16.4 Å². The van der Waals surface area contributed by atoms with Crippen LogP contribution in [0.15, 0.2) is 97.1 Å². The lowest BCUT2D eigenvalue weighted by Gasteiger charge is -2.27. The molecule has 0 aliphatic carbocycles. The number of para-hydroxylation sites is 1. The zero-order valence-corrected chi connectivity index (χ0v) is 15.8. The summed E-state index contributed by atoms with van der Waals surface area (Å²) in [4.78, 5) is 2.25. The highest BCUT2D eigenvalue weighted by Gasteiger charge is 2.14. The number of aryl methyl sites for hydroxylation is 1. The van der Waals surface area contributed by atoms with Crippen LogP contribution in [0, 0.1) is 6.92 Å². The van der Waals surface area contributed by atoms with Crippen molar-refractivity contribution < 1.29 is 0 Å². The van der Waals surface area contributed by atoms with E-state index in [1.807, 2.05) is 36.4 Å². The van der Waals surface area contributed by atoms with Gasteiger partial charge in [-0.05, 0) is 78.2 Å². The minimum atomic E-state index is 0.757. The third-order valence-corrected chi connectivity index (χ3v) is 4.88. The third-order valence-electron chi connectivity index (χ3n) is 4.88. The van der Waals surface area contributed by atoms with Gasteiger partial charge in [-0.1, -0.05) is 42.5 Å². The molecule has 0 amide bonds. The van der Waals surface area contributed by atoms with Crippen LogP contribution in [0.3, 0.4) is 0 Å². The van der Waals surface area contributed by atoms with Crippen LogP contribution in [0.4, 0.5) is 28.4 Å². The van der Waals surface area contributed by atoms with E-state index in [-0.39, 0.29) is 0 Å². The summed E-state index contributed by atoms with van der Waals surface area (Å²) in [6.45, 7) is 2.13. The number of rotatable bonds is 4. The second kappa shape index (κ2) is 7.49. The number of hydrogen-bond acceptors (Lipinski definition) is 3. The number of nitrogens with two attached hydrogens (primary N) is 2. The molecule has 138 valence electrons. The average molecular weight is 365 g/mol. The number of nitrogen functional groups attached to an aromatic ring is 2. The van der Waals surface area contributed by atoms with Crippen LogP contribution >= 0.6 is 0 Å². The maximum Gasteiger partial charge on any atom is 0.0490 e. The maximum atomic E-state index is 5.90. The molecule has 4 aromatic rings. The van der Waals surface area contributed by atoms with E-state index in [0.717, 1.165) is 39.6 Å². The fourth-order valence-electron chi connectivity index (χ4n) is 3.34. The van der Waals surface area contributed by atoms with Crippen LogP contribution in [0.1, 0.15) is 5.56 Å². The molecule has 28 heavy (non-hydrogen) atoms. The van der Waals surface area contributed by atoms with Crippen molar-refractivity contribution in [1.82, 2.24) is 0 Å². The molecule has 3 heteroatoms. The van der Waals surface area contributed by atoms with Crippen LogP contribution in [0.25, 0.3) is 11.1 Å². The van der Waals surface area contributed by atoms with Crippen LogP contribution in [0.5, 0.6) is 0 Å². The lowest BCUT2D eigenvalue weighted by atomic mass is 10.0. The molecule has 0 fully saturated rings. The SMILES string of the molecule is Cc1ccccc1N(c1ccc(N)cc1)c1ccc(-c2ccc(N)cc2)cc1. The van der Waals surface area contributed by atoms with Crippen molar-refractivity contribution in [3.8, 4) is 11.1 Å². The van der Waals surface area contributed by atoms with Crippen molar-refractivity contribution in [2.45, 2.75) is 6.92 Å².